The number of rotatable bonds is 12. The Hall–Kier alpha value is -1.35. The van der Waals surface area contributed by atoms with Crippen LogP contribution in [0.2, 0.25) is 0 Å². The van der Waals surface area contributed by atoms with Gasteiger partial charge in [-0.2, -0.15) is 0 Å². The number of carbonyl (C=O) groups is 1. The molecule has 1 aromatic rings. The lowest BCUT2D eigenvalue weighted by Gasteiger charge is -2.12. The molecule has 0 radical (unpaired) electrons. The van der Waals surface area contributed by atoms with Crippen molar-refractivity contribution in [1.29, 1.82) is 0 Å². The van der Waals surface area contributed by atoms with Crippen molar-refractivity contribution < 1.29 is 9.53 Å². The van der Waals surface area contributed by atoms with Crippen molar-refractivity contribution in [2.24, 2.45) is 16.8 Å². The molecule has 0 aliphatic carbocycles. The summed E-state index contributed by atoms with van der Waals surface area (Å²) in [7, 11) is 0. The Morgan fingerprint density at radius 3 is 2.55 bits per heavy atom. The summed E-state index contributed by atoms with van der Waals surface area (Å²) in [6.07, 6.45) is 1.46. The van der Waals surface area contributed by atoms with Crippen LogP contribution in [0.15, 0.2) is 29.3 Å². The first-order valence-corrected chi connectivity index (χ1v) is 10.4. The lowest BCUT2D eigenvalue weighted by molar-refractivity contribution is -0.116. The van der Waals surface area contributed by atoms with Crippen molar-refractivity contribution in [2.45, 2.75) is 54.0 Å². The quantitative estimate of drug-likeness (QED) is 0.166. The molecule has 0 fully saturated rings. The lowest BCUT2D eigenvalue weighted by atomic mass is 10.1. The van der Waals surface area contributed by atoms with E-state index < -0.39 is 0 Å². The Morgan fingerprint density at radius 1 is 1.14 bits per heavy atom. The van der Waals surface area contributed by atoms with E-state index in [9.17, 15) is 4.79 Å². The highest BCUT2D eigenvalue weighted by molar-refractivity contribution is 14.0. The number of benzene rings is 1. The molecule has 0 atom stereocenters. The molecule has 1 rings (SSSR count). The summed E-state index contributed by atoms with van der Waals surface area (Å²) in [5, 5.41) is 9.55. The normalized spacial score (nSPS) is 11.3. The molecule has 0 spiro atoms. The summed E-state index contributed by atoms with van der Waals surface area (Å²) < 4.78 is 5.60. The summed E-state index contributed by atoms with van der Waals surface area (Å²) in [6, 6.07) is 7.85. The number of hydrogen-bond acceptors (Lipinski definition) is 3. The van der Waals surface area contributed by atoms with Gasteiger partial charge in [0.25, 0.3) is 0 Å². The van der Waals surface area contributed by atoms with Gasteiger partial charge in [-0.1, -0.05) is 39.8 Å². The van der Waals surface area contributed by atoms with Crippen molar-refractivity contribution in [3.05, 3.63) is 29.8 Å². The summed E-state index contributed by atoms with van der Waals surface area (Å²) in [5.74, 6) is 1.75. The minimum atomic E-state index is 0. The van der Waals surface area contributed by atoms with Gasteiger partial charge in [0.1, 0.15) is 0 Å². The Labute approximate surface area is 193 Å². The fourth-order valence-electron chi connectivity index (χ4n) is 2.54. The highest BCUT2D eigenvalue weighted by Gasteiger charge is 2.06. The molecule has 0 saturated heterocycles. The van der Waals surface area contributed by atoms with E-state index in [-0.39, 0.29) is 29.9 Å². The van der Waals surface area contributed by atoms with Gasteiger partial charge in [0.2, 0.25) is 5.91 Å². The van der Waals surface area contributed by atoms with Crippen LogP contribution in [0.4, 0.5) is 5.69 Å². The maximum Gasteiger partial charge on any atom is 0.224 e. The van der Waals surface area contributed by atoms with Crippen molar-refractivity contribution in [3.8, 4) is 0 Å². The van der Waals surface area contributed by atoms with E-state index >= 15 is 0 Å². The maximum atomic E-state index is 11.9. The third kappa shape index (κ3) is 14.3. The van der Waals surface area contributed by atoms with Crippen LogP contribution in [0.25, 0.3) is 0 Å². The third-order valence-electron chi connectivity index (χ3n) is 3.78. The SMILES string of the molecule is CCNC(=NCc1cccc(NC(=O)CC(C)C)c1)NCCCOCC(C)C.I. The van der Waals surface area contributed by atoms with Gasteiger partial charge in [0.05, 0.1) is 6.54 Å². The highest BCUT2D eigenvalue weighted by atomic mass is 127. The number of nitrogens with zero attached hydrogens (tertiary/aromatic N) is 1. The first-order valence-electron chi connectivity index (χ1n) is 10.4. The summed E-state index contributed by atoms with van der Waals surface area (Å²) in [5.41, 5.74) is 1.87. The molecule has 0 heterocycles. The van der Waals surface area contributed by atoms with Crippen LogP contribution < -0.4 is 16.0 Å². The second-order valence-corrected chi connectivity index (χ2v) is 7.79. The van der Waals surface area contributed by atoms with Crippen molar-refractivity contribution in [3.63, 3.8) is 0 Å². The zero-order valence-electron chi connectivity index (χ0n) is 18.6. The Morgan fingerprint density at radius 2 is 1.90 bits per heavy atom. The largest absolute Gasteiger partial charge is 0.381 e. The zero-order valence-corrected chi connectivity index (χ0v) is 20.9. The average Bonchev–Trinajstić information content (AvgIpc) is 2.61. The van der Waals surface area contributed by atoms with Crippen LogP contribution in [0.1, 0.15) is 53.0 Å². The Bertz CT molecular complexity index is 606. The smallest absolute Gasteiger partial charge is 0.224 e. The van der Waals surface area contributed by atoms with Crippen molar-refractivity contribution >= 4 is 41.5 Å². The summed E-state index contributed by atoms with van der Waals surface area (Å²) >= 11 is 0. The van der Waals surface area contributed by atoms with E-state index in [0.717, 1.165) is 49.9 Å². The van der Waals surface area contributed by atoms with Gasteiger partial charge in [0.15, 0.2) is 5.96 Å². The van der Waals surface area contributed by atoms with Crippen LogP contribution >= 0.6 is 24.0 Å². The van der Waals surface area contributed by atoms with Gasteiger partial charge in [-0.3, -0.25) is 4.79 Å². The lowest BCUT2D eigenvalue weighted by Crippen LogP contribution is -2.38. The molecular formula is C22H39IN4O2. The van der Waals surface area contributed by atoms with Gasteiger partial charge in [0, 0.05) is 38.4 Å². The van der Waals surface area contributed by atoms with E-state index in [0.29, 0.717) is 24.8 Å². The molecular weight excluding hydrogens is 479 g/mol. The topological polar surface area (TPSA) is 74.8 Å². The van der Waals surface area contributed by atoms with Gasteiger partial charge >= 0.3 is 0 Å². The molecule has 0 aromatic heterocycles. The minimum absolute atomic E-state index is 0. The van der Waals surface area contributed by atoms with E-state index in [4.69, 9.17) is 4.74 Å². The molecule has 29 heavy (non-hydrogen) atoms. The molecule has 0 bridgehead atoms. The van der Waals surface area contributed by atoms with Gasteiger partial charge in [-0.15, -0.1) is 24.0 Å². The van der Waals surface area contributed by atoms with Crippen molar-refractivity contribution in [2.75, 3.05) is 31.6 Å². The number of hydrogen-bond donors (Lipinski definition) is 3. The van der Waals surface area contributed by atoms with Gasteiger partial charge in [-0.05, 0) is 42.9 Å². The molecule has 1 amide bonds. The van der Waals surface area contributed by atoms with E-state index in [1.165, 1.54) is 0 Å². The van der Waals surface area contributed by atoms with Crippen LogP contribution in [0, 0.1) is 11.8 Å². The summed E-state index contributed by atoms with van der Waals surface area (Å²) in [6.45, 7) is 14.2. The molecule has 166 valence electrons. The number of anilines is 1. The van der Waals surface area contributed by atoms with Crippen molar-refractivity contribution in [1.82, 2.24) is 10.6 Å². The number of guanidine groups is 1. The molecule has 6 nitrogen and oxygen atoms in total. The molecule has 0 aliphatic heterocycles. The predicted molar refractivity (Wildman–Crippen MR) is 133 cm³/mol. The summed E-state index contributed by atoms with van der Waals surface area (Å²) in [4.78, 5) is 16.6. The van der Waals surface area contributed by atoms with Crippen LogP contribution in [0.3, 0.4) is 0 Å². The monoisotopic (exact) mass is 518 g/mol. The van der Waals surface area contributed by atoms with E-state index in [1.807, 2.05) is 45.0 Å². The fraction of sp³-hybridized carbons (Fsp3) is 0.636. The molecule has 0 aliphatic rings. The van der Waals surface area contributed by atoms with Crippen LogP contribution in [-0.2, 0) is 16.1 Å². The Balaban J connectivity index is 0.00000784. The van der Waals surface area contributed by atoms with E-state index in [2.05, 4.69) is 34.8 Å². The highest BCUT2D eigenvalue weighted by Crippen LogP contribution is 2.13. The number of aliphatic imine (C=N–C) groups is 1. The zero-order chi connectivity index (χ0) is 20.8. The fourth-order valence-corrected chi connectivity index (χ4v) is 2.54. The molecule has 3 N–H and O–H groups in total. The molecule has 0 saturated carbocycles. The first kappa shape index (κ1) is 27.6. The first-order chi connectivity index (χ1) is 13.4. The predicted octanol–water partition coefficient (Wildman–Crippen LogP) is 4.41. The number of amides is 1. The second kappa shape index (κ2) is 16.4. The molecule has 7 heteroatoms. The minimum Gasteiger partial charge on any atom is -0.381 e. The molecule has 1 aromatic carbocycles. The van der Waals surface area contributed by atoms with Crippen LogP contribution in [-0.4, -0.2) is 38.2 Å². The Kier molecular flexibility index (Phi) is 15.7. The maximum absolute atomic E-state index is 11.9. The number of halogens is 1. The van der Waals surface area contributed by atoms with Gasteiger partial charge in [-0.25, -0.2) is 4.99 Å². The average molecular weight is 518 g/mol. The van der Waals surface area contributed by atoms with Gasteiger partial charge < -0.3 is 20.7 Å². The molecule has 0 unspecified atom stereocenters. The number of nitrogens with one attached hydrogen (secondary N) is 3. The van der Waals surface area contributed by atoms with E-state index in [1.54, 1.807) is 0 Å². The number of ether oxygens (including phenoxy) is 1. The number of carbonyl (C=O) groups excluding carboxylic acids is 1. The third-order valence-corrected chi connectivity index (χ3v) is 3.78. The van der Waals surface area contributed by atoms with Crippen LogP contribution in [0.5, 0.6) is 0 Å². The standard InChI is InChI=1S/C22H38N4O2.HI/c1-6-23-22(24-11-8-12-28-16-18(4)5)25-15-19-9-7-10-20(14-19)26-21(27)13-17(2)3;/h7,9-10,14,17-18H,6,8,11-13,15-16H2,1-5H3,(H,26,27)(H2,23,24,25);1H. The second-order valence-electron chi connectivity index (χ2n) is 7.79.